The zero-order chi connectivity index (χ0) is 13.7. The molecule has 2 aromatic carbocycles. The fourth-order valence-corrected chi connectivity index (χ4v) is 1.69. The Balaban J connectivity index is 2.06. The van der Waals surface area contributed by atoms with Crippen LogP contribution in [-0.2, 0) is 9.53 Å². The summed E-state index contributed by atoms with van der Waals surface area (Å²) >= 11 is 0. The summed E-state index contributed by atoms with van der Waals surface area (Å²) in [5.41, 5.74) is 3.51. The smallest absolute Gasteiger partial charge is 0.343 e. The lowest BCUT2D eigenvalue weighted by Gasteiger charge is -2.06. The summed E-state index contributed by atoms with van der Waals surface area (Å²) in [5.74, 6) is 0.267. The molecule has 0 amide bonds. The van der Waals surface area contributed by atoms with Gasteiger partial charge in [0.2, 0.25) is 0 Å². The number of aryl methyl sites for hydroxylation is 1. The number of ether oxygens (including phenoxy) is 2. The van der Waals surface area contributed by atoms with E-state index < -0.39 is 0 Å². The minimum Gasteiger partial charge on any atom is -0.482 e. The van der Waals surface area contributed by atoms with E-state index in [-0.39, 0.29) is 12.6 Å². The highest BCUT2D eigenvalue weighted by molar-refractivity contribution is 5.71. The van der Waals surface area contributed by atoms with Gasteiger partial charge in [-0.2, -0.15) is 0 Å². The second kappa shape index (κ2) is 6.05. The molecule has 0 heterocycles. The highest BCUT2D eigenvalue weighted by atomic mass is 16.6. The Kier molecular flexibility index (Phi) is 4.18. The van der Waals surface area contributed by atoms with Gasteiger partial charge >= 0.3 is 5.97 Å². The maximum Gasteiger partial charge on any atom is 0.343 e. The molecule has 0 radical (unpaired) electrons. The lowest BCUT2D eigenvalue weighted by molar-refractivity contribution is -0.142. The van der Waals surface area contributed by atoms with Gasteiger partial charge in [-0.3, -0.25) is 0 Å². The standard InChI is InChI=1S/C16H16O3/c1-12-3-5-13(6-4-12)14-7-9-15(10-8-14)19-11-16(17)18-2/h3-10H,11H2,1-2H3. The molecule has 0 unspecified atom stereocenters. The Hall–Kier alpha value is -2.29. The number of esters is 1. The summed E-state index contributed by atoms with van der Waals surface area (Å²) in [5, 5.41) is 0. The third-order valence-corrected chi connectivity index (χ3v) is 2.82. The molecule has 0 bridgehead atoms. The number of methoxy groups -OCH3 is 1. The van der Waals surface area contributed by atoms with Crippen molar-refractivity contribution in [3.63, 3.8) is 0 Å². The van der Waals surface area contributed by atoms with Crippen LogP contribution in [0.15, 0.2) is 48.5 Å². The first-order valence-corrected chi connectivity index (χ1v) is 6.06. The molecule has 0 N–H and O–H groups in total. The van der Waals surface area contributed by atoms with Crippen LogP contribution in [0.5, 0.6) is 5.75 Å². The van der Waals surface area contributed by atoms with Crippen LogP contribution in [0, 0.1) is 6.92 Å². The highest BCUT2D eigenvalue weighted by Crippen LogP contribution is 2.22. The molecule has 2 rings (SSSR count). The van der Waals surface area contributed by atoms with Gasteiger partial charge in [-0.05, 0) is 30.2 Å². The normalized spacial score (nSPS) is 10.0. The highest BCUT2D eigenvalue weighted by Gasteiger charge is 2.02. The lowest BCUT2D eigenvalue weighted by atomic mass is 10.0. The van der Waals surface area contributed by atoms with Gasteiger partial charge in [-0.15, -0.1) is 0 Å². The Morgan fingerprint density at radius 2 is 1.47 bits per heavy atom. The van der Waals surface area contributed by atoms with Crippen LogP contribution < -0.4 is 4.74 Å². The summed E-state index contributed by atoms with van der Waals surface area (Å²) in [6.45, 7) is 1.99. The van der Waals surface area contributed by atoms with E-state index in [0.717, 1.165) is 11.1 Å². The van der Waals surface area contributed by atoms with Gasteiger partial charge in [0.15, 0.2) is 6.61 Å². The molecule has 0 aromatic heterocycles. The van der Waals surface area contributed by atoms with Crippen molar-refractivity contribution in [2.45, 2.75) is 6.92 Å². The molecule has 0 fully saturated rings. The van der Waals surface area contributed by atoms with Gasteiger partial charge in [0.25, 0.3) is 0 Å². The zero-order valence-corrected chi connectivity index (χ0v) is 11.1. The lowest BCUT2D eigenvalue weighted by Crippen LogP contribution is -2.12. The fourth-order valence-electron chi connectivity index (χ4n) is 1.69. The predicted octanol–water partition coefficient (Wildman–Crippen LogP) is 3.21. The maximum atomic E-state index is 11.0. The largest absolute Gasteiger partial charge is 0.482 e. The van der Waals surface area contributed by atoms with Gasteiger partial charge in [-0.25, -0.2) is 4.79 Å². The van der Waals surface area contributed by atoms with Crippen molar-refractivity contribution in [3.05, 3.63) is 54.1 Å². The van der Waals surface area contributed by atoms with Crippen LogP contribution in [0.2, 0.25) is 0 Å². The van der Waals surface area contributed by atoms with Crippen molar-refractivity contribution in [2.75, 3.05) is 13.7 Å². The number of hydrogen-bond acceptors (Lipinski definition) is 3. The van der Waals surface area contributed by atoms with Gasteiger partial charge in [0.05, 0.1) is 7.11 Å². The van der Waals surface area contributed by atoms with E-state index in [9.17, 15) is 4.79 Å². The van der Waals surface area contributed by atoms with E-state index in [1.807, 2.05) is 24.3 Å². The van der Waals surface area contributed by atoms with Crippen molar-refractivity contribution in [1.29, 1.82) is 0 Å². The first-order valence-electron chi connectivity index (χ1n) is 6.06. The Morgan fingerprint density at radius 3 is 2.00 bits per heavy atom. The molecule has 0 aliphatic rings. The quantitative estimate of drug-likeness (QED) is 0.788. The third kappa shape index (κ3) is 3.58. The molecule has 0 saturated heterocycles. The molecule has 0 atom stereocenters. The van der Waals surface area contributed by atoms with Crippen molar-refractivity contribution in [1.82, 2.24) is 0 Å². The van der Waals surface area contributed by atoms with E-state index in [1.54, 1.807) is 0 Å². The average Bonchev–Trinajstić information content (AvgIpc) is 2.46. The molecule has 98 valence electrons. The van der Waals surface area contributed by atoms with E-state index in [2.05, 4.69) is 35.9 Å². The Bertz CT molecular complexity index is 541. The summed E-state index contributed by atoms with van der Waals surface area (Å²) in [7, 11) is 1.34. The zero-order valence-electron chi connectivity index (χ0n) is 11.1. The molecular weight excluding hydrogens is 240 g/mol. The number of rotatable bonds is 4. The molecule has 0 aliphatic carbocycles. The first kappa shape index (κ1) is 13.1. The minimum absolute atomic E-state index is 0.0691. The first-order chi connectivity index (χ1) is 9.19. The van der Waals surface area contributed by atoms with Gasteiger partial charge in [-0.1, -0.05) is 42.0 Å². The average molecular weight is 256 g/mol. The van der Waals surface area contributed by atoms with Crippen LogP contribution in [0.25, 0.3) is 11.1 Å². The van der Waals surface area contributed by atoms with Crippen molar-refractivity contribution in [3.8, 4) is 16.9 Å². The number of hydrogen-bond donors (Lipinski definition) is 0. The van der Waals surface area contributed by atoms with Gasteiger partial charge in [0.1, 0.15) is 5.75 Å². The fraction of sp³-hybridized carbons (Fsp3) is 0.188. The van der Waals surface area contributed by atoms with Crippen LogP contribution in [-0.4, -0.2) is 19.7 Å². The van der Waals surface area contributed by atoms with Crippen molar-refractivity contribution < 1.29 is 14.3 Å². The van der Waals surface area contributed by atoms with E-state index in [1.165, 1.54) is 12.7 Å². The Morgan fingerprint density at radius 1 is 0.947 bits per heavy atom. The monoisotopic (exact) mass is 256 g/mol. The molecule has 19 heavy (non-hydrogen) atoms. The second-order valence-corrected chi connectivity index (χ2v) is 4.26. The van der Waals surface area contributed by atoms with Gasteiger partial charge < -0.3 is 9.47 Å². The van der Waals surface area contributed by atoms with E-state index in [4.69, 9.17) is 4.74 Å². The van der Waals surface area contributed by atoms with Crippen LogP contribution in [0.4, 0.5) is 0 Å². The Labute approximate surface area is 112 Å². The topological polar surface area (TPSA) is 35.5 Å². The molecule has 3 heteroatoms. The molecule has 2 aromatic rings. The second-order valence-electron chi connectivity index (χ2n) is 4.26. The molecule has 0 aliphatic heterocycles. The van der Waals surface area contributed by atoms with Crippen LogP contribution in [0.3, 0.4) is 0 Å². The van der Waals surface area contributed by atoms with E-state index in [0.29, 0.717) is 5.75 Å². The molecule has 0 saturated carbocycles. The number of benzene rings is 2. The summed E-state index contributed by atoms with van der Waals surface area (Å²) < 4.78 is 9.81. The van der Waals surface area contributed by atoms with Crippen molar-refractivity contribution in [2.24, 2.45) is 0 Å². The SMILES string of the molecule is COC(=O)COc1ccc(-c2ccc(C)cc2)cc1. The number of carbonyl (C=O) groups is 1. The molecular formula is C16H16O3. The van der Waals surface area contributed by atoms with Gasteiger partial charge in [0, 0.05) is 0 Å². The molecule has 0 spiro atoms. The summed E-state index contributed by atoms with van der Waals surface area (Å²) in [4.78, 5) is 11.0. The van der Waals surface area contributed by atoms with Crippen LogP contribution >= 0.6 is 0 Å². The number of carbonyl (C=O) groups excluding carboxylic acids is 1. The van der Waals surface area contributed by atoms with Crippen LogP contribution in [0.1, 0.15) is 5.56 Å². The molecule has 3 nitrogen and oxygen atoms in total. The van der Waals surface area contributed by atoms with Crippen molar-refractivity contribution >= 4 is 5.97 Å². The summed E-state index contributed by atoms with van der Waals surface area (Å²) in [6, 6.07) is 16.0. The maximum absolute atomic E-state index is 11.0. The minimum atomic E-state index is -0.386. The third-order valence-electron chi connectivity index (χ3n) is 2.82. The van der Waals surface area contributed by atoms with E-state index >= 15 is 0 Å². The summed E-state index contributed by atoms with van der Waals surface area (Å²) in [6.07, 6.45) is 0. The predicted molar refractivity (Wildman–Crippen MR) is 74.1 cm³/mol.